The first kappa shape index (κ1) is 25.1. The molecule has 0 N–H and O–H groups in total. The molecule has 3 aromatic rings. The fraction of sp³-hybridized carbons (Fsp3) is 0.345. The number of guanidine groups is 1. The van der Waals surface area contributed by atoms with E-state index in [0.717, 1.165) is 36.8 Å². The number of aryl methyl sites for hydroxylation is 2. The van der Waals surface area contributed by atoms with E-state index in [-0.39, 0.29) is 12.2 Å². The quantitative estimate of drug-likeness (QED) is 0.361. The highest BCUT2D eigenvalue weighted by Crippen LogP contribution is 2.38. The van der Waals surface area contributed by atoms with Crippen LogP contribution in [0.3, 0.4) is 0 Å². The van der Waals surface area contributed by atoms with E-state index in [2.05, 4.69) is 41.0 Å². The second kappa shape index (κ2) is 10.1. The van der Waals surface area contributed by atoms with Crippen molar-refractivity contribution in [2.24, 2.45) is 4.99 Å². The average Bonchev–Trinajstić information content (AvgIpc) is 2.92. The number of hydrogen-bond acceptors (Lipinski definition) is 4. The SMILES string of the molecule is CCc1cccc(N2CCN(C3=Nc4c(F)cccc4CN3c3cc(C(F)(F)F)ccc3CC)CC2)c1. The molecule has 3 aromatic carbocycles. The molecule has 0 aromatic heterocycles. The van der Waals surface area contributed by atoms with E-state index >= 15 is 0 Å². The maximum absolute atomic E-state index is 14.8. The van der Waals surface area contributed by atoms with Crippen molar-refractivity contribution in [3.63, 3.8) is 0 Å². The van der Waals surface area contributed by atoms with Gasteiger partial charge in [0.05, 0.1) is 12.1 Å². The van der Waals surface area contributed by atoms with Gasteiger partial charge in [-0.15, -0.1) is 0 Å². The van der Waals surface area contributed by atoms with Gasteiger partial charge in [0, 0.05) is 43.1 Å². The number of nitrogens with zero attached hydrogens (tertiary/aromatic N) is 4. The number of rotatable bonds is 4. The monoisotopic (exact) mass is 510 g/mol. The molecule has 2 heterocycles. The summed E-state index contributed by atoms with van der Waals surface area (Å²) in [6, 6.07) is 17.1. The lowest BCUT2D eigenvalue weighted by atomic mass is 10.0. The van der Waals surface area contributed by atoms with Crippen LogP contribution in [0.5, 0.6) is 0 Å². The molecule has 4 nitrogen and oxygen atoms in total. The van der Waals surface area contributed by atoms with Gasteiger partial charge < -0.3 is 14.7 Å². The van der Waals surface area contributed by atoms with E-state index < -0.39 is 17.6 Å². The first-order valence-electron chi connectivity index (χ1n) is 12.7. The van der Waals surface area contributed by atoms with Crippen molar-refractivity contribution in [1.29, 1.82) is 0 Å². The van der Waals surface area contributed by atoms with E-state index in [4.69, 9.17) is 4.99 Å². The zero-order chi connectivity index (χ0) is 26.2. The molecule has 0 radical (unpaired) electrons. The van der Waals surface area contributed by atoms with Crippen LogP contribution < -0.4 is 9.80 Å². The smallest absolute Gasteiger partial charge is 0.368 e. The standard InChI is InChI=1S/C29H30F4N4/c1-3-20-7-5-9-24(17-20)35-13-15-36(16-14-35)28-34-27-22(8-6-10-25(27)30)19-37(28)26-18-23(29(31,32)33)12-11-21(26)4-2/h5-12,17-18H,3-4,13-16,19H2,1-2H3. The van der Waals surface area contributed by atoms with Crippen LogP contribution in [0.1, 0.15) is 36.1 Å². The van der Waals surface area contributed by atoms with E-state index in [1.165, 1.54) is 23.8 Å². The van der Waals surface area contributed by atoms with Crippen LogP contribution in [0, 0.1) is 5.82 Å². The number of piperazine rings is 1. The Morgan fingerprint density at radius 2 is 1.57 bits per heavy atom. The molecule has 2 aliphatic rings. The van der Waals surface area contributed by atoms with E-state index in [1.54, 1.807) is 12.1 Å². The van der Waals surface area contributed by atoms with Crippen molar-refractivity contribution in [1.82, 2.24) is 4.90 Å². The Labute approximate surface area is 214 Å². The van der Waals surface area contributed by atoms with E-state index in [1.807, 2.05) is 11.8 Å². The van der Waals surface area contributed by atoms with E-state index in [0.29, 0.717) is 36.7 Å². The zero-order valence-electron chi connectivity index (χ0n) is 21.0. The van der Waals surface area contributed by atoms with Crippen LogP contribution in [0.4, 0.5) is 34.6 Å². The normalized spacial score (nSPS) is 16.1. The maximum Gasteiger partial charge on any atom is 0.416 e. The Balaban J connectivity index is 1.50. The summed E-state index contributed by atoms with van der Waals surface area (Å²) in [6.45, 7) is 7.00. The topological polar surface area (TPSA) is 22.1 Å². The van der Waals surface area contributed by atoms with Crippen LogP contribution in [0.2, 0.25) is 0 Å². The first-order valence-corrected chi connectivity index (χ1v) is 12.7. The minimum Gasteiger partial charge on any atom is -0.368 e. The Morgan fingerprint density at radius 3 is 2.27 bits per heavy atom. The molecule has 0 saturated carbocycles. The van der Waals surface area contributed by atoms with Crippen molar-refractivity contribution < 1.29 is 17.6 Å². The number of hydrogen-bond donors (Lipinski definition) is 0. The molecule has 5 rings (SSSR count). The highest BCUT2D eigenvalue weighted by atomic mass is 19.4. The van der Waals surface area contributed by atoms with Gasteiger partial charge in [-0.05, 0) is 54.3 Å². The molecule has 194 valence electrons. The average molecular weight is 511 g/mol. The van der Waals surface area contributed by atoms with Gasteiger partial charge in [-0.1, -0.05) is 44.2 Å². The van der Waals surface area contributed by atoms with Crippen LogP contribution >= 0.6 is 0 Å². The van der Waals surface area contributed by atoms with Crippen LogP contribution in [0.15, 0.2) is 65.7 Å². The molecule has 0 atom stereocenters. The van der Waals surface area contributed by atoms with Crippen LogP contribution in [-0.4, -0.2) is 37.0 Å². The van der Waals surface area contributed by atoms with Crippen molar-refractivity contribution in [2.45, 2.75) is 39.4 Å². The Bertz CT molecular complexity index is 1310. The second-order valence-corrected chi connectivity index (χ2v) is 9.44. The van der Waals surface area contributed by atoms with Crippen molar-refractivity contribution >= 4 is 23.0 Å². The lowest BCUT2D eigenvalue weighted by Gasteiger charge is -2.42. The van der Waals surface area contributed by atoms with Gasteiger partial charge in [-0.25, -0.2) is 9.38 Å². The third-order valence-corrected chi connectivity index (χ3v) is 7.18. The summed E-state index contributed by atoms with van der Waals surface area (Å²) >= 11 is 0. The number of anilines is 2. The summed E-state index contributed by atoms with van der Waals surface area (Å²) in [6.07, 6.45) is -2.94. The van der Waals surface area contributed by atoms with Gasteiger partial charge in [0.15, 0.2) is 0 Å². The van der Waals surface area contributed by atoms with Gasteiger partial charge in [-0.2, -0.15) is 13.2 Å². The van der Waals surface area contributed by atoms with Crippen molar-refractivity contribution in [3.8, 4) is 0 Å². The number of alkyl halides is 3. The highest BCUT2D eigenvalue weighted by Gasteiger charge is 2.34. The molecule has 2 aliphatic heterocycles. The van der Waals surface area contributed by atoms with E-state index in [9.17, 15) is 17.6 Å². The van der Waals surface area contributed by atoms with Gasteiger partial charge in [0.2, 0.25) is 5.96 Å². The van der Waals surface area contributed by atoms with Crippen LogP contribution in [0.25, 0.3) is 0 Å². The van der Waals surface area contributed by atoms with Gasteiger partial charge in [0.25, 0.3) is 0 Å². The lowest BCUT2D eigenvalue weighted by Crippen LogP contribution is -2.54. The van der Waals surface area contributed by atoms with Gasteiger partial charge in [0.1, 0.15) is 11.5 Å². The molecule has 8 heteroatoms. The Hall–Kier alpha value is -3.55. The summed E-state index contributed by atoms with van der Waals surface area (Å²) < 4.78 is 55.7. The third kappa shape index (κ3) is 5.02. The molecule has 1 fully saturated rings. The molecule has 0 spiro atoms. The lowest BCUT2D eigenvalue weighted by molar-refractivity contribution is -0.137. The largest absolute Gasteiger partial charge is 0.416 e. The number of fused-ring (bicyclic) bond motifs is 1. The highest BCUT2D eigenvalue weighted by molar-refractivity contribution is 6.00. The molecule has 0 bridgehead atoms. The molecular weight excluding hydrogens is 480 g/mol. The predicted molar refractivity (Wildman–Crippen MR) is 140 cm³/mol. The minimum atomic E-state index is -4.46. The first-order chi connectivity index (χ1) is 17.8. The Kier molecular flexibility index (Phi) is 6.84. The number of benzene rings is 3. The summed E-state index contributed by atoms with van der Waals surface area (Å²) in [5.74, 6) is 0.0676. The Morgan fingerprint density at radius 1 is 0.838 bits per heavy atom. The molecule has 37 heavy (non-hydrogen) atoms. The molecule has 0 aliphatic carbocycles. The second-order valence-electron chi connectivity index (χ2n) is 9.44. The van der Waals surface area contributed by atoms with Gasteiger partial charge in [-0.3, -0.25) is 0 Å². The number of para-hydroxylation sites is 1. The summed E-state index contributed by atoms with van der Waals surface area (Å²) in [7, 11) is 0. The molecule has 0 unspecified atom stereocenters. The minimum absolute atomic E-state index is 0.249. The van der Waals surface area contributed by atoms with Crippen LogP contribution in [-0.2, 0) is 25.6 Å². The maximum atomic E-state index is 14.8. The molecule has 0 amide bonds. The fourth-order valence-corrected chi connectivity index (χ4v) is 5.08. The summed E-state index contributed by atoms with van der Waals surface area (Å²) in [5, 5.41) is 0. The van der Waals surface area contributed by atoms with Gasteiger partial charge >= 0.3 is 6.18 Å². The number of halogens is 4. The third-order valence-electron chi connectivity index (χ3n) is 7.18. The van der Waals surface area contributed by atoms with Crippen molar-refractivity contribution in [2.75, 3.05) is 36.0 Å². The molecular formula is C29H30F4N4. The summed E-state index contributed by atoms with van der Waals surface area (Å²) in [5.41, 5.74) is 3.88. The predicted octanol–water partition coefficient (Wildman–Crippen LogP) is 6.80. The zero-order valence-corrected chi connectivity index (χ0v) is 21.0. The summed E-state index contributed by atoms with van der Waals surface area (Å²) in [4.78, 5) is 10.9. The number of aliphatic imine (C=N–C) groups is 1. The molecule has 1 saturated heterocycles. The van der Waals surface area contributed by atoms with Crippen molar-refractivity contribution in [3.05, 3.63) is 88.7 Å². The fourth-order valence-electron chi connectivity index (χ4n) is 5.08.